The van der Waals surface area contributed by atoms with Gasteiger partial charge in [0.1, 0.15) is 0 Å². The summed E-state index contributed by atoms with van der Waals surface area (Å²) in [4.78, 5) is 51.0. The summed E-state index contributed by atoms with van der Waals surface area (Å²) >= 11 is 0. The van der Waals surface area contributed by atoms with Crippen LogP contribution in [0.15, 0.2) is 0 Å². The number of unbranched alkanes of at least 4 members (excludes halogenated alkanes) is 22. The van der Waals surface area contributed by atoms with Crippen LogP contribution in [0.25, 0.3) is 0 Å². The summed E-state index contributed by atoms with van der Waals surface area (Å²) in [5.41, 5.74) is 0. The molecule has 0 atom stereocenters. The Hall–Kier alpha value is -1.75. The molecule has 0 bridgehead atoms. The minimum atomic E-state index is -0.109. The number of hydrogen-bond acceptors (Lipinski definition) is 9. The van der Waals surface area contributed by atoms with Crippen molar-refractivity contribution in [3.8, 4) is 0 Å². The largest absolute Gasteiger partial charge is 0.466 e. The van der Waals surface area contributed by atoms with Gasteiger partial charge in [-0.2, -0.15) is 0 Å². The zero-order valence-electron chi connectivity index (χ0n) is 44.0. The van der Waals surface area contributed by atoms with Crippen LogP contribution in [-0.2, 0) is 23.9 Å². The maximum absolute atomic E-state index is 14.0. The van der Waals surface area contributed by atoms with Crippen molar-refractivity contribution in [2.24, 2.45) is 0 Å². The van der Waals surface area contributed by atoms with E-state index in [1.165, 1.54) is 148 Å². The minimum absolute atomic E-state index is 0.109. The van der Waals surface area contributed by atoms with Gasteiger partial charge in [-0.15, -0.1) is 0 Å². The highest BCUT2D eigenvalue weighted by atomic mass is 16.5. The lowest BCUT2D eigenvalue weighted by molar-refractivity contribution is -0.144. The summed E-state index contributed by atoms with van der Waals surface area (Å²) in [7, 11) is 0. The molecule has 0 aromatic rings. The van der Waals surface area contributed by atoms with Crippen LogP contribution >= 0.6 is 0 Å². The Morgan fingerprint density at radius 2 is 0.708 bits per heavy atom. The van der Waals surface area contributed by atoms with Gasteiger partial charge in [-0.3, -0.25) is 24.2 Å². The highest BCUT2D eigenvalue weighted by Gasteiger charge is 2.24. The van der Waals surface area contributed by atoms with Crippen molar-refractivity contribution < 1.29 is 23.9 Å². The molecule has 1 heterocycles. The van der Waals surface area contributed by atoms with Gasteiger partial charge < -0.3 is 24.2 Å². The molecule has 65 heavy (non-hydrogen) atoms. The van der Waals surface area contributed by atoms with E-state index in [0.29, 0.717) is 38.5 Å². The van der Waals surface area contributed by atoms with Crippen LogP contribution in [0.5, 0.6) is 0 Å². The first-order valence-corrected chi connectivity index (χ1v) is 28.3. The van der Waals surface area contributed by atoms with E-state index < -0.39 is 0 Å². The number of rotatable bonds is 48. The highest BCUT2D eigenvalue weighted by molar-refractivity contribution is 5.78. The van der Waals surface area contributed by atoms with E-state index in [2.05, 4.69) is 59.1 Å². The smallest absolute Gasteiger partial charge is 0.305 e. The van der Waals surface area contributed by atoms with Crippen molar-refractivity contribution in [1.82, 2.24) is 24.5 Å². The van der Waals surface area contributed by atoms with E-state index in [-0.39, 0.29) is 11.9 Å². The van der Waals surface area contributed by atoms with Crippen LogP contribution in [0, 0.1) is 0 Å². The molecule has 1 saturated heterocycles. The molecule has 384 valence electrons. The fourth-order valence-corrected chi connectivity index (χ4v) is 9.01. The lowest BCUT2D eigenvalue weighted by Gasteiger charge is -2.37. The third-order valence-electron chi connectivity index (χ3n) is 13.5. The summed E-state index contributed by atoms with van der Waals surface area (Å²) in [6, 6.07) is 0. The van der Waals surface area contributed by atoms with E-state index in [0.717, 1.165) is 123 Å². The fourth-order valence-electron chi connectivity index (χ4n) is 9.01. The number of piperazine rings is 1. The second kappa shape index (κ2) is 46.0. The summed E-state index contributed by atoms with van der Waals surface area (Å²) in [6.45, 7) is 24.9. The molecule has 0 aromatic carbocycles. The van der Waals surface area contributed by atoms with E-state index in [1.807, 2.05) is 0 Å². The molecule has 1 aliphatic rings. The van der Waals surface area contributed by atoms with Crippen molar-refractivity contribution in [3.05, 3.63) is 0 Å². The average Bonchev–Trinajstić information content (AvgIpc) is 3.31. The van der Waals surface area contributed by atoms with Gasteiger partial charge >= 0.3 is 11.9 Å². The topological polar surface area (TPSA) is 85.9 Å². The predicted octanol–water partition coefficient (Wildman–Crippen LogP) is 12.3. The molecule has 10 nitrogen and oxygen atoms in total. The molecule has 0 aliphatic carbocycles. The number of esters is 2. The van der Waals surface area contributed by atoms with Gasteiger partial charge in [-0.05, 0) is 77.7 Å². The lowest BCUT2D eigenvalue weighted by atomic mass is 10.1. The van der Waals surface area contributed by atoms with Crippen LogP contribution in [0.2, 0.25) is 0 Å². The standard InChI is InChI=1S/C55H109N5O5/c1-6-11-16-19-22-25-28-37-56(38-29-26-23-20-17-12-7-2)44-45-59(39-30-27-24-21-18-13-8-3)52-53(61)60-48-46-58(47-49-60)43-42-57(40-33-35-54(62)64-50-31-14-9-4)41-34-36-55(63)65-51-32-15-10-5/h6-52H2,1-5H3. The molecule has 0 aromatic heterocycles. The number of nitrogens with zero attached hydrogens (tertiary/aromatic N) is 5. The van der Waals surface area contributed by atoms with Gasteiger partial charge in [0.25, 0.3) is 0 Å². The Balaban J connectivity index is 2.77. The first kappa shape index (κ1) is 61.3. The molecule has 0 N–H and O–H groups in total. The predicted molar refractivity (Wildman–Crippen MR) is 276 cm³/mol. The Kier molecular flexibility index (Phi) is 43.4. The number of amides is 1. The molecule has 1 amide bonds. The first-order valence-electron chi connectivity index (χ1n) is 28.3. The highest BCUT2D eigenvalue weighted by Crippen LogP contribution is 2.13. The molecule has 10 heteroatoms. The number of carbonyl (C=O) groups excluding carboxylic acids is 3. The van der Waals surface area contributed by atoms with E-state index >= 15 is 0 Å². The summed E-state index contributed by atoms with van der Waals surface area (Å²) in [5, 5.41) is 0. The monoisotopic (exact) mass is 920 g/mol. The number of ether oxygens (including phenoxy) is 2. The van der Waals surface area contributed by atoms with Crippen LogP contribution in [-0.4, -0.2) is 147 Å². The molecule has 0 saturated carbocycles. The van der Waals surface area contributed by atoms with Gasteiger partial charge in [-0.1, -0.05) is 176 Å². The number of hydrogen-bond donors (Lipinski definition) is 0. The van der Waals surface area contributed by atoms with Crippen molar-refractivity contribution in [2.45, 2.75) is 234 Å². The Morgan fingerprint density at radius 3 is 1.14 bits per heavy atom. The Morgan fingerprint density at radius 1 is 0.369 bits per heavy atom. The van der Waals surface area contributed by atoms with E-state index in [1.54, 1.807) is 0 Å². The van der Waals surface area contributed by atoms with Gasteiger partial charge in [0.15, 0.2) is 0 Å². The normalized spacial score (nSPS) is 13.4. The van der Waals surface area contributed by atoms with E-state index in [9.17, 15) is 14.4 Å². The minimum Gasteiger partial charge on any atom is -0.466 e. The lowest BCUT2D eigenvalue weighted by Crippen LogP contribution is -2.52. The van der Waals surface area contributed by atoms with Crippen molar-refractivity contribution >= 4 is 17.8 Å². The molecule has 0 radical (unpaired) electrons. The molecule has 1 fully saturated rings. The second-order valence-corrected chi connectivity index (χ2v) is 19.6. The zero-order valence-corrected chi connectivity index (χ0v) is 44.0. The molecule has 1 aliphatic heterocycles. The maximum Gasteiger partial charge on any atom is 0.305 e. The Bertz CT molecular complexity index is 1020. The number of carbonyl (C=O) groups is 3. The summed E-state index contributed by atoms with van der Waals surface area (Å²) in [5.74, 6) is 0.0775. The van der Waals surface area contributed by atoms with Gasteiger partial charge in [0, 0.05) is 65.2 Å². The van der Waals surface area contributed by atoms with Crippen LogP contribution in [0.4, 0.5) is 0 Å². The van der Waals surface area contributed by atoms with Gasteiger partial charge in [0.05, 0.1) is 19.8 Å². The van der Waals surface area contributed by atoms with Crippen LogP contribution < -0.4 is 0 Å². The molecule has 0 spiro atoms. The Labute approximate surface area is 403 Å². The quantitative estimate of drug-likeness (QED) is 0.0437. The molecule has 0 unspecified atom stereocenters. The third-order valence-corrected chi connectivity index (χ3v) is 13.5. The van der Waals surface area contributed by atoms with Crippen molar-refractivity contribution in [1.29, 1.82) is 0 Å². The summed E-state index contributed by atoms with van der Waals surface area (Å²) < 4.78 is 10.9. The van der Waals surface area contributed by atoms with Crippen molar-refractivity contribution in [2.75, 3.05) is 105 Å². The second-order valence-electron chi connectivity index (χ2n) is 19.6. The first-order chi connectivity index (χ1) is 31.9. The average molecular weight is 921 g/mol. The molecular weight excluding hydrogens is 811 g/mol. The zero-order chi connectivity index (χ0) is 47.3. The third kappa shape index (κ3) is 37.9. The SMILES string of the molecule is CCCCCCCCCN(CCCCCCCCC)CCN(CCCCCCCCC)CC(=O)N1CCN(CCN(CCCC(=O)OCCCCC)CCCC(=O)OCCCCC)CC1. The van der Waals surface area contributed by atoms with Gasteiger partial charge in [0.2, 0.25) is 5.91 Å². The fraction of sp³-hybridized carbons (Fsp3) is 0.945. The maximum atomic E-state index is 14.0. The van der Waals surface area contributed by atoms with E-state index in [4.69, 9.17) is 9.47 Å². The van der Waals surface area contributed by atoms with Crippen LogP contribution in [0.3, 0.4) is 0 Å². The van der Waals surface area contributed by atoms with Crippen LogP contribution in [0.1, 0.15) is 234 Å². The van der Waals surface area contributed by atoms with Crippen molar-refractivity contribution in [3.63, 3.8) is 0 Å². The van der Waals surface area contributed by atoms with Gasteiger partial charge in [-0.25, -0.2) is 0 Å². The molecule has 1 rings (SSSR count). The molecular formula is C55H109N5O5. The summed E-state index contributed by atoms with van der Waals surface area (Å²) in [6.07, 6.45) is 36.5.